The highest BCUT2D eigenvalue weighted by atomic mass is 19.1. The van der Waals surface area contributed by atoms with Crippen LogP contribution in [0.2, 0.25) is 0 Å². The Morgan fingerprint density at radius 3 is 2.59 bits per heavy atom. The molecular weight excluding hydrogens is 375 g/mol. The maximum Gasteiger partial charge on any atom is 0.248 e. The molecule has 0 N–H and O–H groups in total. The lowest BCUT2D eigenvalue weighted by Crippen LogP contribution is -2.55. The molecule has 0 saturated carbocycles. The van der Waals surface area contributed by atoms with Crippen molar-refractivity contribution < 1.29 is 23.1 Å². The van der Waals surface area contributed by atoms with Gasteiger partial charge < -0.3 is 18.8 Å². The van der Waals surface area contributed by atoms with E-state index in [-0.39, 0.29) is 30.5 Å². The standard InChI is InChI=1S/C22H27FN2O4/c1-16-2-5-20(29-16)12-24-10-8-18(9-11-24)25-13-21(28-15-22(25)26)14-27-19-6-3-17(23)4-7-19/h2-7,18,21H,8-15H2,1H3/t21-/m0/s1. The van der Waals surface area contributed by atoms with Crippen molar-refractivity contribution in [2.24, 2.45) is 0 Å². The number of benzene rings is 1. The summed E-state index contributed by atoms with van der Waals surface area (Å²) in [6.07, 6.45) is 1.70. The van der Waals surface area contributed by atoms with Gasteiger partial charge >= 0.3 is 0 Å². The van der Waals surface area contributed by atoms with E-state index in [1.54, 1.807) is 12.1 Å². The lowest BCUT2D eigenvalue weighted by Gasteiger charge is -2.42. The van der Waals surface area contributed by atoms with Crippen molar-refractivity contribution in [2.75, 3.05) is 32.8 Å². The molecule has 2 aliphatic rings. The van der Waals surface area contributed by atoms with Crippen LogP contribution in [0.5, 0.6) is 5.75 Å². The van der Waals surface area contributed by atoms with E-state index in [1.807, 2.05) is 24.0 Å². The molecule has 4 rings (SSSR count). The van der Waals surface area contributed by atoms with Crippen LogP contribution in [0, 0.1) is 12.7 Å². The molecule has 0 aliphatic carbocycles. The Kier molecular flexibility index (Phi) is 6.16. The van der Waals surface area contributed by atoms with Gasteiger partial charge in [-0.2, -0.15) is 0 Å². The fourth-order valence-corrected chi connectivity index (χ4v) is 4.00. The third kappa shape index (κ3) is 5.16. The Labute approximate surface area is 170 Å². The van der Waals surface area contributed by atoms with Crippen LogP contribution in [0.25, 0.3) is 0 Å². The fourth-order valence-electron chi connectivity index (χ4n) is 4.00. The average molecular weight is 402 g/mol. The molecule has 0 spiro atoms. The summed E-state index contributed by atoms with van der Waals surface area (Å²) in [6.45, 7) is 5.59. The van der Waals surface area contributed by atoms with Crippen molar-refractivity contribution in [3.05, 3.63) is 53.7 Å². The van der Waals surface area contributed by atoms with E-state index in [9.17, 15) is 9.18 Å². The number of halogens is 1. The number of morpholine rings is 1. The lowest BCUT2D eigenvalue weighted by molar-refractivity contribution is -0.155. The number of hydrogen-bond donors (Lipinski definition) is 0. The summed E-state index contributed by atoms with van der Waals surface area (Å²) in [5, 5.41) is 0. The first-order valence-corrected chi connectivity index (χ1v) is 10.1. The SMILES string of the molecule is Cc1ccc(CN2CCC(N3C[C@@H](COc4ccc(F)cc4)OCC3=O)CC2)o1. The molecule has 1 amide bonds. The number of carbonyl (C=O) groups excluding carboxylic acids is 1. The summed E-state index contributed by atoms with van der Waals surface area (Å²) in [5.41, 5.74) is 0. The van der Waals surface area contributed by atoms with E-state index < -0.39 is 0 Å². The topological polar surface area (TPSA) is 55.2 Å². The minimum absolute atomic E-state index is 0.0446. The van der Waals surface area contributed by atoms with Crippen molar-refractivity contribution in [1.82, 2.24) is 9.80 Å². The average Bonchev–Trinajstić information content (AvgIpc) is 3.14. The van der Waals surface area contributed by atoms with Crippen molar-refractivity contribution in [2.45, 2.75) is 38.5 Å². The van der Waals surface area contributed by atoms with Gasteiger partial charge in [-0.1, -0.05) is 0 Å². The van der Waals surface area contributed by atoms with Crippen LogP contribution < -0.4 is 4.74 Å². The number of piperidine rings is 1. The van der Waals surface area contributed by atoms with Crippen molar-refractivity contribution >= 4 is 5.91 Å². The molecule has 29 heavy (non-hydrogen) atoms. The molecule has 2 fully saturated rings. The molecule has 6 nitrogen and oxygen atoms in total. The number of carbonyl (C=O) groups is 1. The highest BCUT2D eigenvalue weighted by molar-refractivity contribution is 5.78. The Hall–Kier alpha value is -2.38. The third-order valence-electron chi connectivity index (χ3n) is 5.59. The van der Waals surface area contributed by atoms with Crippen molar-refractivity contribution in [3.8, 4) is 5.75 Å². The van der Waals surface area contributed by atoms with Gasteiger partial charge in [0.1, 0.15) is 42.4 Å². The first-order valence-electron chi connectivity index (χ1n) is 10.1. The van der Waals surface area contributed by atoms with Gasteiger partial charge in [0.25, 0.3) is 0 Å². The third-order valence-corrected chi connectivity index (χ3v) is 5.59. The summed E-state index contributed by atoms with van der Waals surface area (Å²) in [4.78, 5) is 16.7. The normalized spacial score (nSPS) is 21.5. The molecule has 1 aromatic carbocycles. The zero-order valence-electron chi connectivity index (χ0n) is 16.7. The van der Waals surface area contributed by atoms with Crippen LogP contribution in [0.3, 0.4) is 0 Å². The number of furan rings is 1. The Balaban J connectivity index is 1.26. The highest BCUT2D eigenvalue weighted by Crippen LogP contribution is 2.22. The molecule has 2 aromatic rings. The number of ether oxygens (including phenoxy) is 2. The minimum atomic E-state index is -0.295. The molecule has 0 unspecified atom stereocenters. The fraction of sp³-hybridized carbons (Fsp3) is 0.500. The van der Waals surface area contributed by atoms with Crippen LogP contribution >= 0.6 is 0 Å². The maximum atomic E-state index is 13.0. The monoisotopic (exact) mass is 402 g/mol. The van der Waals surface area contributed by atoms with Crippen molar-refractivity contribution in [1.29, 1.82) is 0 Å². The molecule has 0 bridgehead atoms. The summed E-state index contributed by atoms with van der Waals surface area (Å²) in [5.74, 6) is 2.27. The molecule has 0 radical (unpaired) electrons. The van der Waals surface area contributed by atoms with E-state index in [0.717, 1.165) is 44.0 Å². The molecule has 1 aromatic heterocycles. The Bertz CT molecular complexity index is 814. The number of amides is 1. The van der Waals surface area contributed by atoms with Gasteiger partial charge in [-0.25, -0.2) is 4.39 Å². The van der Waals surface area contributed by atoms with Gasteiger partial charge in [-0.3, -0.25) is 9.69 Å². The predicted molar refractivity (Wildman–Crippen MR) is 105 cm³/mol. The van der Waals surface area contributed by atoms with Gasteiger partial charge in [0.15, 0.2) is 0 Å². The van der Waals surface area contributed by atoms with Crippen LogP contribution in [0.15, 0.2) is 40.8 Å². The van der Waals surface area contributed by atoms with Gasteiger partial charge in [0.2, 0.25) is 5.91 Å². The summed E-state index contributed by atoms with van der Waals surface area (Å²) >= 11 is 0. The zero-order valence-corrected chi connectivity index (χ0v) is 16.7. The second-order valence-electron chi connectivity index (χ2n) is 7.76. The number of hydrogen-bond acceptors (Lipinski definition) is 5. The van der Waals surface area contributed by atoms with E-state index in [1.165, 1.54) is 12.1 Å². The van der Waals surface area contributed by atoms with Gasteiger partial charge in [0, 0.05) is 19.1 Å². The second-order valence-corrected chi connectivity index (χ2v) is 7.76. The zero-order chi connectivity index (χ0) is 20.2. The van der Waals surface area contributed by atoms with Gasteiger partial charge in [-0.05, 0) is 56.2 Å². The van der Waals surface area contributed by atoms with Crippen LogP contribution in [0.1, 0.15) is 24.4 Å². The lowest BCUT2D eigenvalue weighted by atomic mass is 10.0. The highest BCUT2D eigenvalue weighted by Gasteiger charge is 2.34. The molecule has 2 saturated heterocycles. The molecule has 3 heterocycles. The Morgan fingerprint density at radius 2 is 1.90 bits per heavy atom. The largest absolute Gasteiger partial charge is 0.491 e. The quantitative estimate of drug-likeness (QED) is 0.744. The van der Waals surface area contributed by atoms with Gasteiger partial charge in [-0.15, -0.1) is 0 Å². The smallest absolute Gasteiger partial charge is 0.248 e. The number of aryl methyl sites for hydroxylation is 1. The summed E-state index contributed by atoms with van der Waals surface area (Å²) < 4.78 is 30.0. The Morgan fingerprint density at radius 1 is 1.14 bits per heavy atom. The first-order chi connectivity index (χ1) is 14.1. The van der Waals surface area contributed by atoms with E-state index in [4.69, 9.17) is 13.9 Å². The van der Waals surface area contributed by atoms with Crippen LogP contribution in [-0.2, 0) is 16.1 Å². The molecule has 2 aliphatic heterocycles. The molecule has 156 valence electrons. The number of nitrogens with zero attached hydrogens (tertiary/aromatic N) is 2. The number of rotatable bonds is 6. The molecule has 7 heteroatoms. The number of likely N-dealkylation sites (tertiary alicyclic amines) is 1. The van der Waals surface area contributed by atoms with E-state index in [2.05, 4.69) is 4.90 Å². The first kappa shape index (κ1) is 19.9. The second kappa shape index (κ2) is 8.97. The summed E-state index contributed by atoms with van der Waals surface area (Å²) in [6, 6.07) is 10.2. The predicted octanol–water partition coefficient (Wildman–Crippen LogP) is 3.00. The maximum absolute atomic E-state index is 13.0. The summed E-state index contributed by atoms with van der Waals surface area (Å²) in [7, 11) is 0. The van der Waals surface area contributed by atoms with E-state index >= 15 is 0 Å². The minimum Gasteiger partial charge on any atom is -0.491 e. The van der Waals surface area contributed by atoms with Crippen molar-refractivity contribution in [3.63, 3.8) is 0 Å². The van der Waals surface area contributed by atoms with Crippen LogP contribution in [-0.4, -0.2) is 60.7 Å². The van der Waals surface area contributed by atoms with Gasteiger partial charge in [0.05, 0.1) is 13.1 Å². The van der Waals surface area contributed by atoms with Crippen LogP contribution in [0.4, 0.5) is 4.39 Å². The molecule has 1 atom stereocenters. The van der Waals surface area contributed by atoms with E-state index in [0.29, 0.717) is 18.9 Å². The molecular formula is C22H27FN2O4.